The van der Waals surface area contributed by atoms with Gasteiger partial charge >= 0.3 is 0 Å². The predicted octanol–water partition coefficient (Wildman–Crippen LogP) is 3.69. The number of nitrogens with one attached hydrogen (secondary N) is 1. The van der Waals surface area contributed by atoms with E-state index in [9.17, 15) is 0 Å². The number of methoxy groups -OCH3 is 1. The summed E-state index contributed by atoms with van der Waals surface area (Å²) in [6.45, 7) is 2.29. The van der Waals surface area contributed by atoms with Gasteiger partial charge in [-0.2, -0.15) is 0 Å². The maximum atomic E-state index is 6.52. The van der Waals surface area contributed by atoms with Crippen LogP contribution in [0.25, 0.3) is 0 Å². The molecular weight excluding hydrogens is 250 g/mol. The van der Waals surface area contributed by atoms with Crippen molar-refractivity contribution in [3.63, 3.8) is 0 Å². The second-order valence-electron chi connectivity index (χ2n) is 6.11. The van der Waals surface area contributed by atoms with Gasteiger partial charge in [-0.1, -0.05) is 6.92 Å². The largest absolute Gasteiger partial charge is 0.497 e. The van der Waals surface area contributed by atoms with Crippen molar-refractivity contribution in [3.05, 3.63) is 23.8 Å². The van der Waals surface area contributed by atoms with Crippen LogP contribution in [-0.4, -0.2) is 19.8 Å². The standard InChI is InChI=1S/C17H25NO2/c1-4-12-6-5-9-17(12)11-15(18-2)14-10-13(19-3)7-8-16(14)20-17/h7-8,10,12,15,18H,4-6,9,11H2,1-3H3. The third kappa shape index (κ3) is 2.08. The number of fused-ring (bicyclic) bond motifs is 1. The lowest BCUT2D eigenvalue weighted by atomic mass is 9.79. The van der Waals surface area contributed by atoms with Crippen LogP contribution in [0.1, 0.15) is 50.6 Å². The maximum absolute atomic E-state index is 6.52. The first-order chi connectivity index (χ1) is 9.72. The Bertz CT molecular complexity index is 488. The lowest BCUT2D eigenvalue weighted by Gasteiger charge is -2.43. The number of hydrogen-bond acceptors (Lipinski definition) is 3. The molecule has 3 heteroatoms. The molecule has 1 spiro atoms. The summed E-state index contributed by atoms with van der Waals surface area (Å²) in [5.74, 6) is 2.63. The monoisotopic (exact) mass is 275 g/mol. The van der Waals surface area contributed by atoms with Crippen LogP contribution >= 0.6 is 0 Å². The number of benzene rings is 1. The first-order valence-electron chi connectivity index (χ1n) is 7.76. The first-order valence-corrected chi connectivity index (χ1v) is 7.76. The van der Waals surface area contributed by atoms with Gasteiger partial charge in [-0.15, -0.1) is 0 Å². The van der Waals surface area contributed by atoms with E-state index in [1.54, 1.807) is 7.11 Å². The van der Waals surface area contributed by atoms with Gasteiger partial charge in [-0.05, 0) is 56.8 Å². The van der Waals surface area contributed by atoms with E-state index in [2.05, 4.69) is 24.4 Å². The highest BCUT2D eigenvalue weighted by atomic mass is 16.5. The molecule has 2 aliphatic rings. The van der Waals surface area contributed by atoms with Crippen molar-refractivity contribution in [2.75, 3.05) is 14.2 Å². The van der Waals surface area contributed by atoms with Crippen molar-refractivity contribution in [2.45, 2.75) is 50.7 Å². The number of rotatable bonds is 3. The second kappa shape index (κ2) is 5.28. The molecule has 1 N–H and O–H groups in total. The van der Waals surface area contributed by atoms with Gasteiger partial charge in [0.05, 0.1) is 7.11 Å². The third-order valence-electron chi connectivity index (χ3n) is 5.19. The Balaban J connectivity index is 1.98. The van der Waals surface area contributed by atoms with E-state index in [4.69, 9.17) is 9.47 Å². The van der Waals surface area contributed by atoms with Crippen LogP contribution in [-0.2, 0) is 0 Å². The Kier molecular flexibility index (Phi) is 3.63. The maximum Gasteiger partial charge on any atom is 0.125 e. The molecule has 3 unspecified atom stereocenters. The molecular formula is C17H25NO2. The lowest BCUT2D eigenvalue weighted by molar-refractivity contribution is -0.00477. The second-order valence-corrected chi connectivity index (χ2v) is 6.11. The Morgan fingerprint density at radius 3 is 3.00 bits per heavy atom. The van der Waals surface area contributed by atoms with Crippen molar-refractivity contribution >= 4 is 0 Å². The van der Waals surface area contributed by atoms with Crippen molar-refractivity contribution < 1.29 is 9.47 Å². The third-order valence-corrected chi connectivity index (χ3v) is 5.19. The molecule has 0 radical (unpaired) electrons. The summed E-state index contributed by atoms with van der Waals surface area (Å²) in [6, 6.07) is 6.55. The fourth-order valence-electron chi connectivity index (χ4n) is 4.09. The normalized spacial score (nSPS) is 31.9. The molecule has 1 saturated carbocycles. The summed E-state index contributed by atoms with van der Waals surface area (Å²) in [6.07, 6.45) is 6.07. The zero-order valence-corrected chi connectivity index (χ0v) is 12.7. The van der Waals surface area contributed by atoms with Gasteiger partial charge in [0.15, 0.2) is 0 Å². The molecule has 0 bridgehead atoms. The van der Waals surface area contributed by atoms with Gasteiger partial charge < -0.3 is 14.8 Å². The van der Waals surface area contributed by atoms with E-state index in [1.165, 1.54) is 31.2 Å². The topological polar surface area (TPSA) is 30.5 Å². The van der Waals surface area contributed by atoms with Gasteiger partial charge in [0.1, 0.15) is 17.1 Å². The van der Waals surface area contributed by atoms with Crippen LogP contribution in [0.4, 0.5) is 0 Å². The van der Waals surface area contributed by atoms with Crippen molar-refractivity contribution in [1.82, 2.24) is 5.32 Å². The highest BCUT2D eigenvalue weighted by Gasteiger charge is 2.48. The highest BCUT2D eigenvalue weighted by molar-refractivity contribution is 5.44. The van der Waals surface area contributed by atoms with E-state index in [0.717, 1.165) is 17.9 Å². The first kappa shape index (κ1) is 13.7. The molecule has 0 saturated heterocycles. The Hall–Kier alpha value is -1.22. The Labute approximate surface area is 121 Å². The van der Waals surface area contributed by atoms with E-state index >= 15 is 0 Å². The molecule has 3 atom stereocenters. The zero-order chi connectivity index (χ0) is 14.2. The van der Waals surface area contributed by atoms with Gasteiger partial charge in [-0.3, -0.25) is 0 Å². The Morgan fingerprint density at radius 2 is 2.30 bits per heavy atom. The summed E-state index contributed by atoms with van der Waals surface area (Å²) >= 11 is 0. The molecule has 0 aromatic heterocycles. The molecule has 1 aromatic carbocycles. The minimum absolute atomic E-state index is 0.0456. The van der Waals surface area contributed by atoms with Gasteiger partial charge in [0.25, 0.3) is 0 Å². The van der Waals surface area contributed by atoms with Gasteiger partial charge in [-0.25, -0.2) is 0 Å². The predicted molar refractivity (Wildman–Crippen MR) is 80.4 cm³/mol. The summed E-state index contributed by atoms with van der Waals surface area (Å²) in [5.41, 5.74) is 1.28. The number of ether oxygens (including phenoxy) is 2. The molecule has 1 aromatic rings. The van der Waals surface area contributed by atoms with E-state index in [0.29, 0.717) is 12.0 Å². The number of hydrogen-bond donors (Lipinski definition) is 1. The molecule has 3 rings (SSSR count). The van der Waals surface area contributed by atoms with E-state index in [1.807, 2.05) is 13.1 Å². The average molecular weight is 275 g/mol. The van der Waals surface area contributed by atoms with Gasteiger partial charge in [0, 0.05) is 18.0 Å². The van der Waals surface area contributed by atoms with Crippen LogP contribution in [0.15, 0.2) is 18.2 Å². The molecule has 1 heterocycles. The molecule has 3 nitrogen and oxygen atoms in total. The van der Waals surface area contributed by atoms with Crippen LogP contribution in [0.2, 0.25) is 0 Å². The molecule has 1 aliphatic heterocycles. The van der Waals surface area contributed by atoms with Crippen LogP contribution in [0.3, 0.4) is 0 Å². The zero-order valence-electron chi connectivity index (χ0n) is 12.7. The lowest BCUT2D eigenvalue weighted by Crippen LogP contribution is -2.46. The quantitative estimate of drug-likeness (QED) is 0.912. The molecule has 20 heavy (non-hydrogen) atoms. The van der Waals surface area contributed by atoms with Crippen molar-refractivity contribution in [3.8, 4) is 11.5 Å². The summed E-state index contributed by atoms with van der Waals surface area (Å²) in [5, 5.41) is 3.47. The summed E-state index contributed by atoms with van der Waals surface area (Å²) in [7, 11) is 3.76. The van der Waals surface area contributed by atoms with Crippen LogP contribution in [0, 0.1) is 5.92 Å². The highest BCUT2D eigenvalue weighted by Crippen LogP contribution is 2.51. The smallest absolute Gasteiger partial charge is 0.125 e. The van der Waals surface area contributed by atoms with E-state index < -0.39 is 0 Å². The molecule has 110 valence electrons. The van der Waals surface area contributed by atoms with Gasteiger partial charge in [0.2, 0.25) is 0 Å². The van der Waals surface area contributed by atoms with Crippen molar-refractivity contribution in [2.24, 2.45) is 5.92 Å². The van der Waals surface area contributed by atoms with Crippen molar-refractivity contribution in [1.29, 1.82) is 0 Å². The van der Waals surface area contributed by atoms with E-state index in [-0.39, 0.29) is 5.60 Å². The summed E-state index contributed by atoms with van der Waals surface area (Å²) < 4.78 is 11.9. The minimum Gasteiger partial charge on any atom is -0.497 e. The molecule has 1 fully saturated rings. The SMILES string of the molecule is CCC1CCCC12CC(NC)c1cc(OC)ccc1O2. The fourth-order valence-corrected chi connectivity index (χ4v) is 4.09. The summed E-state index contributed by atoms with van der Waals surface area (Å²) in [4.78, 5) is 0. The minimum atomic E-state index is 0.0456. The molecule has 1 aliphatic carbocycles. The molecule has 0 amide bonds. The fraction of sp³-hybridized carbons (Fsp3) is 0.647. The van der Waals surface area contributed by atoms with Crippen LogP contribution in [0.5, 0.6) is 11.5 Å². The van der Waals surface area contributed by atoms with Crippen LogP contribution < -0.4 is 14.8 Å². The Morgan fingerprint density at radius 1 is 1.45 bits per heavy atom. The average Bonchev–Trinajstić information content (AvgIpc) is 2.87.